The molecule has 8 aromatic carbocycles. The van der Waals surface area contributed by atoms with Crippen molar-refractivity contribution in [1.82, 2.24) is 57.5 Å². The predicted octanol–water partition coefficient (Wildman–Crippen LogP) is 20.1. The Labute approximate surface area is 653 Å². The summed E-state index contributed by atoms with van der Waals surface area (Å²) in [4.78, 5) is 39.1. The minimum absolute atomic E-state index is 0.0173. The maximum atomic E-state index is 12.7. The minimum atomic E-state index is -4.32. The Hall–Kier alpha value is -13.8. The van der Waals surface area contributed by atoms with E-state index in [2.05, 4.69) is 59.4 Å². The van der Waals surface area contributed by atoms with Gasteiger partial charge in [0.2, 0.25) is 23.5 Å². The zero-order valence-corrected chi connectivity index (χ0v) is 62.4. The number of benzene rings is 8. The van der Waals surface area contributed by atoms with E-state index in [0.29, 0.717) is 78.2 Å². The van der Waals surface area contributed by atoms with Crippen molar-refractivity contribution in [2.75, 3.05) is 0 Å². The number of aromatic nitrogens is 12. The zero-order valence-electron chi connectivity index (χ0n) is 61.5. The van der Waals surface area contributed by atoms with Crippen LogP contribution in [0.5, 0.6) is 23.5 Å². The lowest BCUT2D eigenvalue weighted by atomic mass is 10.1. The van der Waals surface area contributed by atoms with Gasteiger partial charge < -0.3 is 24.8 Å². The molecule has 0 amide bonds. The lowest BCUT2D eigenvalue weighted by Crippen LogP contribution is -2.08. The van der Waals surface area contributed by atoms with Crippen LogP contribution in [0.1, 0.15) is 98.2 Å². The van der Waals surface area contributed by atoms with Crippen molar-refractivity contribution < 1.29 is 38.0 Å². The number of nitrogens with zero attached hydrogens (tertiary/aromatic N) is 12. The monoisotopic (exact) mass is 1520 g/mol. The second-order valence-corrected chi connectivity index (χ2v) is 28.1. The molecule has 4 N–H and O–H groups in total. The van der Waals surface area contributed by atoms with E-state index in [4.69, 9.17) is 34.3 Å². The Bertz CT molecular complexity index is 5950. The summed E-state index contributed by atoms with van der Waals surface area (Å²) in [5, 5.41) is 45.1. The summed E-state index contributed by atoms with van der Waals surface area (Å²) in [7, 11) is 0. The van der Waals surface area contributed by atoms with Gasteiger partial charge in [-0.2, -0.15) is 13.2 Å². The van der Waals surface area contributed by atoms with Crippen LogP contribution < -0.4 is 0 Å². The fourth-order valence-electron chi connectivity index (χ4n) is 13.4. The van der Waals surface area contributed by atoms with E-state index >= 15 is 0 Å². The fourth-order valence-corrected chi connectivity index (χ4v) is 14.1. The van der Waals surface area contributed by atoms with Crippen LogP contribution in [0.2, 0.25) is 0 Å². The molecule has 21 heteroatoms. The van der Waals surface area contributed by atoms with Crippen molar-refractivity contribution in [2.24, 2.45) is 0 Å². The quantitative estimate of drug-likeness (QED) is 0.0559. The summed E-state index contributed by atoms with van der Waals surface area (Å²) < 4.78 is 50.1. The number of thiophene rings is 1. The lowest BCUT2D eigenvalue weighted by Gasteiger charge is -2.08. The number of hydrogen-bond donors (Lipinski definition) is 4. The zero-order chi connectivity index (χ0) is 77.6. The average molecular weight is 1520 g/mol. The summed E-state index contributed by atoms with van der Waals surface area (Å²) in [6.45, 7) is 2.09. The lowest BCUT2D eigenvalue weighted by molar-refractivity contribution is -0.134. The Morgan fingerprint density at radius 2 is 0.619 bits per heavy atom. The molecule has 0 unspecified atom stereocenters. The standard InChI is InChI=1S/C24H19N3O2.C24H19N3OS.C22H18F3N3O.C22H21N3O/c2*28-24-21(15-19-12-7-13-29-19)26-23-20(14-17-8-3-1-4-9-17)25-22(16-27(23)24)18-10-5-2-6-11-18;23-22(24,25)12-11-17-21(29)28-14-19(16-9-5-2-6-10-16)26-18(20(28)27-17)13-15-7-3-1-4-8-15;1-2-9-18-22(26)25-15-20(17-12-7-4-8-13-17)23-19(21(25)24-18)14-16-10-5-3-6-11-16/h2*1-13,16,28H,14-15H2;1-10,14,29H,11-13H2;3-8,10-13,15,26H,2,9,14H2,1H3. The second-order valence-electron chi connectivity index (χ2n) is 27.1. The third kappa shape index (κ3) is 17.9. The molecule has 10 aromatic heterocycles. The van der Waals surface area contributed by atoms with E-state index in [-0.39, 0.29) is 35.6 Å². The van der Waals surface area contributed by atoms with Crippen LogP contribution in [0.25, 0.3) is 67.6 Å². The molecule has 0 aliphatic heterocycles. The third-order valence-electron chi connectivity index (χ3n) is 19.0. The van der Waals surface area contributed by atoms with Crippen LogP contribution in [-0.2, 0) is 51.4 Å². The molecule has 0 atom stereocenters. The van der Waals surface area contributed by atoms with Gasteiger partial charge in [-0.1, -0.05) is 262 Å². The van der Waals surface area contributed by atoms with Crippen molar-refractivity contribution in [3.05, 3.63) is 382 Å². The normalized spacial score (nSPS) is 11.3. The van der Waals surface area contributed by atoms with Gasteiger partial charge >= 0.3 is 6.18 Å². The van der Waals surface area contributed by atoms with E-state index in [1.165, 1.54) is 14.8 Å². The summed E-state index contributed by atoms with van der Waals surface area (Å²) in [5.74, 6) is 0.992. The Morgan fingerprint density at radius 3 is 0.912 bits per heavy atom. The molecule has 0 aliphatic rings. The Balaban J connectivity index is 0.000000119. The van der Waals surface area contributed by atoms with Gasteiger partial charge in [0.05, 0.1) is 58.2 Å². The maximum absolute atomic E-state index is 12.7. The first-order valence-electron chi connectivity index (χ1n) is 37.1. The first-order chi connectivity index (χ1) is 55.2. The van der Waals surface area contributed by atoms with E-state index in [1.807, 2.05) is 248 Å². The number of halogens is 3. The summed E-state index contributed by atoms with van der Waals surface area (Å²) in [5.41, 5.74) is 19.0. The molecule has 0 spiro atoms. The number of imidazole rings is 4. The molecule has 0 bridgehead atoms. The van der Waals surface area contributed by atoms with Crippen molar-refractivity contribution >= 4 is 33.9 Å². The molecular formula is C92H77F3N12O5S. The van der Waals surface area contributed by atoms with Crippen LogP contribution >= 0.6 is 11.3 Å². The molecule has 0 saturated carbocycles. The largest absolute Gasteiger partial charge is 0.493 e. The molecule has 562 valence electrons. The van der Waals surface area contributed by atoms with Gasteiger partial charge in [-0.15, -0.1) is 11.3 Å². The summed E-state index contributed by atoms with van der Waals surface area (Å²) in [6.07, 6.45) is 8.19. The number of aromatic hydroxyl groups is 4. The Morgan fingerprint density at radius 1 is 0.319 bits per heavy atom. The van der Waals surface area contributed by atoms with Gasteiger partial charge in [0, 0.05) is 96.9 Å². The van der Waals surface area contributed by atoms with Crippen LogP contribution in [-0.4, -0.2) is 84.1 Å². The number of hydrogen-bond acceptors (Lipinski definition) is 14. The molecular weight excluding hydrogens is 1440 g/mol. The molecule has 0 aliphatic carbocycles. The molecule has 18 rings (SSSR count). The highest BCUT2D eigenvalue weighted by Gasteiger charge is 2.29. The van der Waals surface area contributed by atoms with Crippen LogP contribution in [0.3, 0.4) is 0 Å². The Kier molecular flexibility index (Phi) is 22.7. The number of furan rings is 1. The maximum Gasteiger partial charge on any atom is 0.389 e. The van der Waals surface area contributed by atoms with Crippen LogP contribution in [0.15, 0.2) is 308 Å². The van der Waals surface area contributed by atoms with Crippen LogP contribution in [0.4, 0.5) is 13.2 Å². The molecule has 0 radical (unpaired) electrons. The van der Waals surface area contributed by atoms with E-state index in [9.17, 15) is 33.6 Å². The van der Waals surface area contributed by atoms with Crippen molar-refractivity contribution in [2.45, 2.75) is 77.3 Å². The number of alkyl halides is 3. The smallest absolute Gasteiger partial charge is 0.389 e. The van der Waals surface area contributed by atoms with Crippen LogP contribution in [0, 0.1) is 0 Å². The van der Waals surface area contributed by atoms with Gasteiger partial charge in [-0.25, -0.2) is 39.9 Å². The predicted molar refractivity (Wildman–Crippen MR) is 434 cm³/mol. The average Bonchev–Trinajstić information content (AvgIpc) is 1.66. The number of fused-ring (bicyclic) bond motifs is 4. The topological polar surface area (TPSA) is 215 Å². The molecule has 113 heavy (non-hydrogen) atoms. The highest BCUT2D eigenvalue weighted by molar-refractivity contribution is 7.09. The van der Waals surface area contributed by atoms with Crippen molar-refractivity contribution in [3.8, 4) is 68.5 Å². The summed E-state index contributed by atoms with van der Waals surface area (Å²) >= 11 is 1.67. The highest BCUT2D eigenvalue weighted by atomic mass is 32.1. The summed E-state index contributed by atoms with van der Waals surface area (Å²) in [6, 6.07) is 87.5. The van der Waals surface area contributed by atoms with Crippen molar-refractivity contribution in [1.29, 1.82) is 0 Å². The van der Waals surface area contributed by atoms with Gasteiger partial charge in [-0.05, 0) is 52.3 Å². The molecule has 10 heterocycles. The fraction of sp³-hybridized carbons (Fsp3) is 0.130. The molecule has 0 fully saturated rings. The number of rotatable bonds is 20. The molecule has 18 aromatic rings. The highest BCUT2D eigenvalue weighted by Crippen LogP contribution is 2.35. The van der Waals surface area contributed by atoms with Gasteiger partial charge in [0.25, 0.3) is 0 Å². The first kappa shape index (κ1) is 74.7. The number of aryl methyl sites for hydroxylation is 2. The van der Waals surface area contributed by atoms with Gasteiger partial charge in [-0.3, -0.25) is 17.6 Å². The van der Waals surface area contributed by atoms with Gasteiger partial charge in [0.1, 0.15) is 28.5 Å². The van der Waals surface area contributed by atoms with E-state index < -0.39 is 12.6 Å². The minimum Gasteiger partial charge on any atom is -0.493 e. The van der Waals surface area contributed by atoms with Gasteiger partial charge in [0.15, 0.2) is 22.6 Å². The molecule has 0 saturated heterocycles. The first-order valence-corrected chi connectivity index (χ1v) is 38.0. The molecule has 17 nitrogen and oxygen atoms in total. The van der Waals surface area contributed by atoms with Crippen molar-refractivity contribution in [3.63, 3.8) is 0 Å². The third-order valence-corrected chi connectivity index (χ3v) is 19.9. The SMILES string of the molecule is CCCc1nc2c(Cc3ccccc3)nc(-c3ccccc3)cn2c1O.Oc1c(CCC(F)(F)F)nc2c(Cc3ccccc3)nc(-c3ccccc3)cn12.Oc1c(Cc2ccco2)nc2c(Cc3ccccc3)nc(-c3ccccc3)cn12.Oc1c(Cc2cccs2)nc2c(Cc3ccccc3)nc(-c3ccccc3)cn12. The second kappa shape index (κ2) is 34.4. The van der Waals surface area contributed by atoms with E-state index in [0.717, 1.165) is 103 Å². The van der Waals surface area contributed by atoms with E-state index in [1.54, 1.807) is 37.0 Å².